The van der Waals surface area contributed by atoms with Crippen molar-refractivity contribution in [3.05, 3.63) is 29.8 Å². The number of hydrogen-bond donors (Lipinski definition) is 2. The number of hydrogen-bond acceptors (Lipinski definition) is 4. The van der Waals surface area contributed by atoms with E-state index in [-0.39, 0.29) is 12.5 Å². The van der Waals surface area contributed by atoms with Crippen LogP contribution in [0.25, 0.3) is 0 Å². The molecule has 0 aromatic heterocycles. The van der Waals surface area contributed by atoms with Crippen LogP contribution in [-0.2, 0) is 11.2 Å². The first-order chi connectivity index (χ1) is 8.28. The van der Waals surface area contributed by atoms with Crippen LogP contribution < -0.4 is 15.6 Å². The summed E-state index contributed by atoms with van der Waals surface area (Å²) >= 11 is 0. The van der Waals surface area contributed by atoms with Gasteiger partial charge in [0.1, 0.15) is 18.1 Å². The van der Waals surface area contributed by atoms with E-state index in [0.717, 1.165) is 24.4 Å². The van der Waals surface area contributed by atoms with E-state index in [1.54, 1.807) is 7.11 Å². The summed E-state index contributed by atoms with van der Waals surface area (Å²) in [4.78, 5) is 15.0. The van der Waals surface area contributed by atoms with Crippen molar-refractivity contribution >= 4 is 11.7 Å². The number of carbonyl (C=O) groups is 1. The molecule has 0 aliphatic carbocycles. The van der Waals surface area contributed by atoms with Gasteiger partial charge in [-0.05, 0) is 24.1 Å². The molecule has 1 heterocycles. The Balaban J connectivity index is 1.87. The first kappa shape index (κ1) is 11.4. The molecule has 2 rings (SSSR count). The van der Waals surface area contributed by atoms with Gasteiger partial charge in [0.2, 0.25) is 0 Å². The molecule has 2 N–H and O–H groups in total. The van der Waals surface area contributed by atoms with Crippen molar-refractivity contribution in [3.8, 4) is 5.75 Å². The van der Waals surface area contributed by atoms with Crippen LogP contribution in [0.1, 0.15) is 12.0 Å². The number of aryl methyl sites for hydroxylation is 1. The van der Waals surface area contributed by atoms with Crippen LogP contribution in [0.15, 0.2) is 29.3 Å². The van der Waals surface area contributed by atoms with Gasteiger partial charge in [0, 0.05) is 6.42 Å². The lowest BCUT2D eigenvalue weighted by atomic mass is 10.1. The number of nitrogens with zero attached hydrogens (tertiary/aromatic N) is 1. The molecular formula is C12H15N3O2. The van der Waals surface area contributed by atoms with E-state index < -0.39 is 0 Å². The molecule has 90 valence electrons. The third-order valence-corrected chi connectivity index (χ3v) is 2.57. The van der Waals surface area contributed by atoms with Gasteiger partial charge in [-0.15, -0.1) is 0 Å². The molecule has 1 amide bonds. The maximum absolute atomic E-state index is 10.9. The lowest BCUT2D eigenvalue weighted by molar-refractivity contribution is -0.120. The molecule has 0 fully saturated rings. The SMILES string of the molecule is COc1ccc(CCC2=NCC(=O)NN2)cc1. The number of hydrazine groups is 1. The predicted molar refractivity (Wildman–Crippen MR) is 64.9 cm³/mol. The summed E-state index contributed by atoms with van der Waals surface area (Å²) < 4.78 is 5.09. The van der Waals surface area contributed by atoms with E-state index in [0.29, 0.717) is 0 Å². The van der Waals surface area contributed by atoms with E-state index in [4.69, 9.17) is 4.74 Å². The Bertz CT molecular complexity index is 426. The van der Waals surface area contributed by atoms with Crippen LogP contribution in [-0.4, -0.2) is 25.4 Å². The number of methoxy groups -OCH3 is 1. The number of carbonyl (C=O) groups excluding carboxylic acids is 1. The van der Waals surface area contributed by atoms with Crippen LogP contribution in [0.5, 0.6) is 5.75 Å². The quantitative estimate of drug-likeness (QED) is 0.803. The third-order valence-electron chi connectivity index (χ3n) is 2.57. The maximum atomic E-state index is 10.9. The molecule has 17 heavy (non-hydrogen) atoms. The zero-order valence-corrected chi connectivity index (χ0v) is 9.69. The van der Waals surface area contributed by atoms with Gasteiger partial charge in [-0.3, -0.25) is 20.6 Å². The Hall–Kier alpha value is -2.04. The minimum Gasteiger partial charge on any atom is -0.497 e. The predicted octanol–water partition coefficient (Wildman–Crippen LogP) is 0.661. The molecule has 0 saturated heterocycles. The van der Waals surface area contributed by atoms with Gasteiger partial charge in [-0.25, -0.2) is 0 Å². The van der Waals surface area contributed by atoms with Gasteiger partial charge in [0.15, 0.2) is 0 Å². The number of aliphatic imine (C=N–C) groups is 1. The molecule has 0 atom stereocenters. The number of ether oxygens (including phenoxy) is 1. The minimum absolute atomic E-state index is 0.0989. The topological polar surface area (TPSA) is 62.7 Å². The molecule has 5 heteroatoms. The zero-order chi connectivity index (χ0) is 12.1. The van der Waals surface area contributed by atoms with Crippen LogP contribution in [0.3, 0.4) is 0 Å². The highest BCUT2D eigenvalue weighted by Crippen LogP contribution is 2.12. The second-order valence-electron chi connectivity index (χ2n) is 3.78. The summed E-state index contributed by atoms with van der Waals surface area (Å²) in [7, 11) is 1.65. The van der Waals surface area contributed by atoms with Gasteiger partial charge in [0.25, 0.3) is 5.91 Å². The molecule has 1 aromatic carbocycles. The van der Waals surface area contributed by atoms with Crippen LogP contribution >= 0.6 is 0 Å². The van der Waals surface area contributed by atoms with Gasteiger partial charge in [0.05, 0.1) is 7.11 Å². The monoisotopic (exact) mass is 233 g/mol. The van der Waals surface area contributed by atoms with Crippen LogP contribution in [0.4, 0.5) is 0 Å². The molecule has 0 unspecified atom stereocenters. The lowest BCUT2D eigenvalue weighted by Crippen LogP contribution is -2.47. The normalized spacial score (nSPS) is 14.6. The zero-order valence-electron chi connectivity index (χ0n) is 9.69. The largest absolute Gasteiger partial charge is 0.497 e. The highest BCUT2D eigenvalue weighted by atomic mass is 16.5. The molecule has 0 bridgehead atoms. The molecule has 0 spiro atoms. The highest BCUT2D eigenvalue weighted by Gasteiger charge is 2.09. The maximum Gasteiger partial charge on any atom is 0.260 e. The minimum atomic E-state index is -0.0989. The average Bonchev–Trinajstić information content (AvgIpc) is 2.39. The second kappa shape index (κ2) is 5.34. The van der Waals surface area contributed by atoms with E-state index >= 15 is 0 Å². The average molecular weight is 233 g/mol. The fourth-order valence-corrected chi connectivity index (χ4v) is 1.58. The van der Waals surface area contributed by atoms with Crippen molar-refractivity contribution < 1.29 is 9.53 Å². The smallest absolute Gasteiger partial charge is 0.260 e. The number of amides is 1. The number of nitrogens with one attached hydrogen (secondary N) is 2. The Labute approximate surface area is 99.9 Å². The summed E-state index contributed by atoms with van der Waals surface area (Å²) in [6.45, 7) is 0.213. The van der Waals surface area contributed by atoms with Crippen molar-refractivity contribution in [3.63, 3.8) is 0 Å². The van der Waals surface area contributed by atoms with E-state index in [1.807, 2.05) is 24.3 Å². The molecule has 1 aromatic rings. The van der Waals surface area contributed by atoms with Crippen molar-refractivity contribution in [2.45, 2.75) is 12.8 Å². The van der Waals surface area contributed by atoms with E-state index in [2.05, 4.69) is 15.8 Å². The summed E-state index contributed by atoms with van der Waals surface area (Å²) in [5.74, 6) is 1.58. The second-order valence-corrected chi connectivity index (χ2v) is 3.78. The molecule has 5 nitrogen and oxygen atoms in total. The number of amidine groups is 1. The Morgan fingerprint density at radius 2 is 2.00 bits per heavy atom. The van der Waals surface area contributed by atoms with Gasteiger partial charge in [-0.2, -0.15) is 0 Å². The molecule has 1 aliphatic rings. The fraction of sp³-hybridized carbons (Fsp3) is 0.333. The van der Waals surface area contributed by atoms with Gasteiger partial charge in [-0.1, -0.05) is 12.1 Å². The Morgan fingerprint density at radius 3 is 2.59 bits per heavy atom. The first-order valence-corrected chi connectivity index (χ1v) is 5.49. The Kier molecular flexibility index (Phi) is 3.59. The van der Waals surface area contributed by atoms with Crippen molar-refractivity contribution in [2.75, 3.05) is 13.7 Å². The Morgan fingerprint density at radius 1 is 1.24 bits per heavy atom. The molecule has 1 aliphatic heterocycles. The van der Waals surface area contributed by atoms with Crippen LogP contribution in [0, 0.1) is 0 Å². The summed E-state index contributed by atoms with van der Waals surface area (Å²) in [5, 5.41) is 0. The van der Waals surface area contributed by atoms with Crippen LogP contribution in [0.2, 0.25) is 0 Å². The van der Waals surface area contributed by atoms with Crippen molar-refractivity contribution in [1.82, 2.24) is 10.9 Å². The fourth-order valence-electron chi connectivity index (χ4n) is 1.58. The van der Waals surface area contributed by atoms with Gasteiger partial charge >= 0.3 is 0 Å². The van der Waals surface area contributed by atoms with Gasteiger partial charge < -0.3 is 4.74 Å². The molecule has 0 saturated carbocycles. The van der Waals surface area contributed by atoms with Crippen molar-refractivity contribution in [2.24, 2.45) is 4.99 Å². The highest BCUT2D eigenvalue weighted by molar-refractivity contribution is 5.91. The first-order valence-electron chi connectivity index (χ1n) is 5.49. The summed E-state index contributed by atoms with van der Waals surface area (Å²) in [5.41, 5.74) is 6.55. The summed E-state index contributed by atoms with van der Waals surface area (Å²) in [6, 6.07) is 7.93. The lowest BCUT2D eigenvalue weighted by Gasteiger charge is -2.15. The third kappa shape index (κ3) is 3.21. The molecule has 0 radical (unpaired) electrons. The van der Waals surface area contributed by atoms with E-state index in [9.17, 15) is 4.79 Å². The summed E-state index contributed by atoms with van der Waals surface area (Å²) in [6.07, 6.45) is 1.66. The number of benzene rings is 1. The van der Waals surface area contributed by atoms with E-state index in [1.165, 1.54) is 5.56 Å². The van der Waals surface area contributed by atoms with Crippen molar-refractivity contribution in [1.29, 1.82) is 0 Å². The number of rotatable bonds is 4. The molecular weight excluding hydrogens is 218 g/mol. The standard InChI is InChI=1S/C12H15N3O2/c1-17-10-5-2-9(3-6-10)4-7-11-13-8-12(16)15-14-11/h2-3,5-6H,4,7-8H2,1H3,(H,13,14)(H,15,16).